The molecule has 0 radical (unpaired) electrons. The van der Waals surface area contributed by atoms with Crippen molar-refractivity contribution in [3.8, 4) is 22.9 Å². The predicted octanol–water partition coefficient (Wildman–Crippen LogP) is 3.14. The van der Waals surface area contributed by atoms with Crippen molar-refractivity contribution in [2.24, 2.45) is 5.73 Å². The SMILES string of the molecule is N#Cc1cccc(-c2ccc3c(c2)OCCC3OC(N)=O)c1. The van der Waals surface area contributed by atoms with E-state index in [4.69, 9.17) is 20.5 Å². The van der Waals surface area contributed by atoms with Crippen LogP contribution in [0.15, 0.2) is 42.5 Å². The average molecular weight is 294 g/mol. The predicted molar refractivity (Wildman–Crippen MR) is 80.1 cm³/mol. The summed E-state index contributed by atoms with van der Waals surface area (Å²) in [4.78, 5) is 11.0. The molecule has 1 heterocycles. The lowest BCUT2D eigenvalue weighted by Gasteiger charge is -2.25. The number of carbonyl (C=O) groups excluding carboxylic acids is 1. The molecule has 0 saturated carbocycles. The summed E-state index contributed by atoms with van der Waals surface area (Å²) in [7, 11) is 0. The Kier molecular flexibility index (Phi) is 3.67. The summed E-state index contributed by atoms with van der Waals surface area (Å²) in [5.41, 5.74) is 8.39. The molecule has 2 N–H and O–H groups in total. The van der Waals surface area contributed by atoms with Gasteiger partial charge in [-0.05, 0) is 29.3 Å². The molecular formula is C17H14N2O3. The highest BCUT2D eigenvalue weighted by molar-refractivity contribution is 5.69. The third kappa shape index (κ3) is 2.72. The third-order valence-corrected chi connectivity index (χ3v) is 3.58. The van der Waals surface area contributed by atoms with Gasteiger partial charge in [-0.15, -0.1) is 0 Å². The number of primary amides is 1. The monoisotopic (exact) mass is 294 g/mol. The topological polar surface area (TPSA) is 85.3 Å². The molecule has 2 aromatic carbocycles. The first-order valence-corrected chi connectivity index (χ1v) is 6.91. The van der Waals surface area contributed by atoms with Crippen molar-refractivity contribution in [2.45, 2.75) is 12.5 Å². The van der Waals surface area contributed by atoms with Crippen molar-refractivity contribution in [1.82, 2.24) is 0 Å². The second kappa shape index (κ2) is 5.78. The van der Waals surface area contributed by atoms with Crippen LogP contribution < -0.4 is 10.5 Å². The fourth-order valence-corrected chi connectivity index (χ4v) is 2.57. The molecule has 1 amide bonds. The molecule has 0 fully saturated rings. The van der Waals surface area contributed by atoms with Crippen LogP contribution in [0.2, 0.25) is 0 Å². The Bertz CT molecular complexity index is 765. The van der Waals surface area contributed by atoms with Gasteiger partial charge in [-0.2, -0.15) is 5.26 Å². The number of hydrogen-bond acceptors (Lipinski definition) is 4. The Labute approximate surface area is 127 Å². The van der Waals surface area contributed by atoms with Crippen LogP contribution in [0, 0.1) is 11.3 Å². The van der Waals surface area contributed by atoms with Crippen LogP contribution in [-0.2, 0) is 4.74 Å². The lowest BCUT2D eigenvalue weighted by molar-refractivity contribution is 0.0766. The van der Waals surface area contributed by atoms with Gasteiger partial charge in [0.25, 0.3) is 0 Å². The summed E-state index contributed by atoms with van der Waals surface area (Å²) in [6, 6.07) is 15.2. The molecule has 1 aliphatic heterocycles. The van der Waals surface area contributed by atoms with Gasteiger partial charge in [0.1, 0.15) is 11.9 Å². The van der Waals surface area contributed by atoms with Gasteiger partial charge in [0.05, 0.1) is 18.2 Å². The van der Waals surface area contributed by atoms with Crippen LogP contribution in [0.25, 0.3) is 11.1 Å². The van der Waals surface area contributed by atoms with Crippen LogP contribution >= 0.6 is 0 Å². The van der Waals surface area contributed by atoms with E-state index in [9.17, 15) is 4.79 Å². The molecule has 0 saturated heterocycles. The second-order valence-corrected chi connectivity index (χ2v) is 5.01. The number of benzene rings is 2. The number of rotatable bonds is 2. The number of nitrogens with zero attached hydrogens (tertiary/aromatic N) is 1. The second-order valence-electron chi connectivity index (χ2n) is 5.01. The molecule has 5 nitrogen and oxygen atoms in total. The summed E-state index contributed by atoms with van der Waals surface area (Å²) >= 11 is 0. The maximum Gasteiger partial charge on any atom is 0.405 e. The standard InChI is InChI=1S/C17H14N2O3/c18-10-11-2-1-3-12(8-11)13-4-5-14-15(22-17(19)20)6-7-21-16(14)9-13/h1-5,8-9,15H,6-7H2,(H2,19,20). The highest BCUT2D eigenvalue weighted by Crippen LogP contribution is 2.37. The molecule has 3 rings (SSSR count). The normalized spacial score (nSPS) is 16.0. The third-order valence-electron chi connectivity index (χ3n) is 3.58. The van der Waals surface area contributed by atoms with Crippen LogP contribution in [-0.4, -0.2) is 12.7 Å². The fourth-order valence-electron chi connectivity index (χ4n) is 2.57. The number of amides is 1. The van der Waals surface area contributed by atoms with Crippen molar-refractivity contribution < 1.29 is 14.3 Å². The first-order chi connectivity index (χ1) is 10.7. The lowest BCUT2D eigenvalue weighted by Crippen LogP contribution is -2.22. The van der Waals surface area contributed by atoms with Gasteiger partial charge >= 0.3 is 6.09 Å². The Morgan fingerprint density at radius 3 is 2.86 bits per heavy atom. The maximum atomic E-state index is 11.0. The van der Waals surface area contributed by atoms with E-state index in [1.165, 1.54) is 0 Å². The van der Waals surface area contributed by atoms with Gasteiger partial charge in [0.2, 0.25) is 0 Å². The highest BCUT2D eigenvalue weighted by Gasteiger charge is 2.24. The van der Waals surface area contributed by atoms with Gasteiger partial charge in [0.15, 0.2) is 0 Å². The van der Waals surface area contributed by atoms with Gasteiger partial charge in [-0.3, -0.25) is 0 Å². The van der Waals surface area contributed by atoms with Gasteiger partial charge in [-0.1, -0.05) is 24.3 Å². The van der Waals surface area contributed by atoms with Gasteiger partial charge in [0, 0.05) is 12.0 Å². The van der Waals surface area contributed by atoms with E-state index in [2.05, 4.69) is 6.07 Å². The van der Waals surface area contributed by atoms with Crippen molar-refractivity contribution >= 4 is 6.09 Å². The first-order valence-electron chi connectivity index (χ1n) is 6.91. The van der Waals surface area contributed by atoms with E-state index < -0.39 is 6.09 Å². The molecule has 1 atom stereocenters. The minimum absolute atomic E-state index is 0.374. The summed E-state index contributed by atoms with van der Waals surface area (Å²) < 4.78 is 10.8. The summed E-state index contributed by atoms with van der Waals surface area (Å²) in [5, 5.41) is 8.98. The molecule has 1 unspecified atom stereocenters. The Morgan fingerprint density at radius 2 is 2.09 bits per heavy atom. The zero-order chi connectivity index (χ0) is 15.5. The van der Waals surface area contributed by atoms with Crippen LogP contribution in [0.5, 0.6) is 5.75 Å². The minimum Gasteiger partial charge on any atom is -0.493 e. The first kappa shape index (κ1) is 14.0. The van der Waals surface area contributed by atoms with Crippen molar-refractivity contribution in [1.29, 1.82) is 5.26 Å². The van der Waals surface area contributed by atoms with E-state index in [1.807, 2.05) is 36.4 Å². The number of ether oxygens (including phenoxy) is 2. The number of nitriles is 1. The van der Waals surface area contributed by atoms with Crippen LogP contribution in [0.3, 0.4) is 0 Å². The maximum absolute atomic E-state index is 11.0. The fraction of sp³-hybridized carbons (Fsp3) is 0.176. The largest absolute Gasteiger partial charge is 0.493 e. The molecule has 0 spiro atoms. The number of fused-ring (bicyclic) bond motifs is 1. The van der Waals surface area contributed by atoms with E-state index in [0.717, 1.165) is 16.7 Å². The summed E-state index contributed by atoms with van der Waals surface area (Å²) in [6.45, 7) is 0.465. The van der Waals surface area contributed by atoms with Crippen LogP contribution in [0.1, 0.15) is 23.7 Å². The molecule has 1 aliphatic rings. The van der Waals surface area contributed by atoms with E-state index in [-0.39, 0.29) is 6.10 Å². The van der Waals surface area contributed by atoms with Crippen molar-refractivity contribution in [3.63, 3.8) is 0 Å². The van der Waals surface area contributed by atoms with E-state index in [1.54, 1.807) is 6.07 Å². The Morgan fingerprint density at radius 1 is 1.27 bits per heavy atom. The van der Waals surface area contributed by atoms with Crippen molar-refractivity contribution in [2.75, 3.05) is 6.61 Å². The number of carbonyl (C=O) groups is 1. The average Bonchev–Trinajstić information content (AvgIpc) is 2.54. The molecule has 0 aliphatic carbocycles. The zero-order valence-electron chi connectivity index (χ0n) is 11.8. The number of hydrogen-bond donors (Lipinski definition) is 1. The summed E-state index contributed by atoms with van der Waals surface area (Å²) in [6.07, 6.45) is -0.580. The molecule has 110 valence electrons. The van der Waals surface area contributed by atoms with E-state index >= 15 is 0 Å². The van der Waals surface area contributed by atoms with Crippen molar-refractivity contribution in [3.05, 3.63) is 53.6 Å². The van der Waals surface area contributed by atoms with Gasteiger partial charge in [-0.25, -0.2) is 4.79 Å². The molecule has 22 heavy (non-hydrogen) atoms. The molecular weight excluding hydrogens is 280 g/mol. The summed E-state index contributed by atoms with van der Waals surface area (Å²) in [5.74, 6) is 0.678. The highest BCUT2D eigenvalue weighted by atomic mass is 16.6. The minimum atomic E-state index is -0.788. The molecule has 0 bridgehead atoms. The number of nitrogens with two attached hydrogens (primary N) is 1. The Balaban J connectivity index is 1.97. The molecule has 5 heteroatoms. The molecule has 0 aromatic heterocycles. The zero-order valence-corrected chi connectivity index (χ0v) is 11.8. The molecule has 2 aromatic rings. The van der Waals surface area contributed by atoms with Gasteiger partial charge < -0.3 is 15.2 Å². The lowest BCUT2D eigenvalue weighted by atomic mass is 9.97. The van der Waals surface area contributed by atoms with E-state index in [0.29, 0.717) is 24.3 Å². The van der Waals surface area contributed by atoms with Crippen LogP contribution in [0.4, 0.5) is 4.79 Å². The Hall–Kier alpha value is -3.00. The smallest absolute Gasteiger partial charge is 0.405 e. The quantitative estimate of drug-likeness (QED) is 0.922.